The van der Waals surface area contributed by atoms with Gasteiger partial charge in [0.25, 0.3) is 5.69 Å². The third kappa shape index (κ3) is 4.44. The van der Waals surface area contributed by atoms with E-state index >= 15 is 0 Å². The topological polar surface area (TPSA) is 118 Å². The summed E-state index contributed by atoms with van der Waals surface area (Å²) in [6.07, 6.45) is 3.37. The summed E-state index contributed by atoms with van der Waals surface area (Å²) in [5.41, 5.74) is 8.10. The smallest absolute Gasteiger partial charge is 0.273 e. The Morgan fingerprint density at radius 1 is 1.32 bits per heavy atom. The minimum absolute atomic E-state index is 0.0291. The van der Waals surface area contributed by atoms with Gasteiger partial charge < -0.3 is 15.2 Å². The van der Waals surface area contributed by atoms with Crippen molar-refractivity contribution in [1.82, 2.24) is 9.66 Å². The molecule has 0 fully saturated rings. The second-order valence-electron chi connectivity index (χ2n) is 5.94. The molecule has 3 rings (SSSR count). The Morgan fingerprint density at radius 3 is 2.82 bits per heavy atom. The summed E-state index contributed by atoms with van der Waals surface area (Å²) in [4.78, 5) is 14.5. The summed E-state index contributed by atoms with van der Waals surface area (Å²) >= 11 is 0. The molecule has 0 bridgehead atoms. The first-order valence-electron chi connectivity index (χ1n) is 8.36. The molecule has 0 radical (unpaired) electrons. The van der Waals surface area contributed by atoms with Gasteiger partial charge in [0.1, 0.15) is 18.1 Å². The molecule has 9 heteroatoms. The summed E-state index contributed by atoms with van der Waals surface area (Å²) in [7, 11) is 1.56. The molecule has 144 valence electrons. The molecule has 0 aliphatic rings. The fourth-order valence-electron chi connectivity index (χ4n) is 2.56. The number of rotatable bonds is 7. The van der Waals surface area contributed by atoms with Crippen LogP contribution in [0.5, 0.6) is 11.5 Å². The number of ether oxygens (including phenoxy) is 2. The van der Waals surface area contributed by atoms with Crippen LogP contribution in [0.4, 0.5) is 11.6 Å². The largest absolute Gasteiger partial charge is 0.496 e. The van der Waals surface area contributed by atoms with Gasteiger partial charge in [-0.05, 0) is 36.8 Å². The number of aryl methyl sites for hydroxylation is 1. The minimum atomic E-state index is -0.464. The van der Waals surface area contributed by atoms with Crippen LogP contribution in [0, 0.1) is 17.0 Å². The number of nitro groups is 1. The van der Waals surface area contributed by atoms with Crippen molar-refractivity contribution in [2.24, 2.45) is 5.10 Å². The van der Waals surface area contributed by atoms with Crippen LogP contribution in [0.2, 0.25) is 0 Å². The van der Waals surface area contributed by atoms with Crippen molar-refractivity contribution in [3.8, 4) is 11.5 Å². The van der Waals surface area contributed by atoms with E-state index in [2.05, 4.69) is 10.1 Å². The van der Waals surface area contributed by atoms with E-state index < -0.39 is 4.92 Å². The average molecular weight is 381 g/mol. The van der Waals surface area contributed by atoms with Crippen LogP contribution in [0.15, 0.2) is 53.8 Å². The molecule has 0 atom stereocenters. The lowest BCUT2D eigenvalue weighted by Gasteiger charge is -2.11. The molecule has 0 aliphatic heterocycles. The number of nitro benzene ring substituents is 1. The van der Waals surface area contributed by atoms with E-state index in [0.29, 0.717) is 17.4 Å². The Bertz CT molecular complexity index is 1030. The van der Waals surface area contributed by atoms with Gasteiger partial charge in [0.05, 0.1) is 36.2 Å². The molecule has 0 amide bonds. The molecule has 0 saturated heterocycles. The Labute approximate surface area is 161 Å². The lowest BCUT2D eigenvalue weighted by atomic mass is 10.1. The van der Waals surface area contributed by atoms with Crippen molar-refractivity contribution in [3.63, 3.8) is 0 Å². The van der Waals surface area contributed by atoms with E-state index in [1.54, 1.807) is 37.7 Å². The van der Waals surface area contributed by atoms with Crippen LogP contribution < -0.4 is 15.2 Å². The third-order valence-corrected chi connectivity index (χ3v) is 3.89. The zero-order valence-corrected chi connectivity index (χ0v) is 15.4. The van der Waals surface area contributed by atoms with Crippen LogP contribution in [0.3, 0.4) is 0 Å². The number of non-ortho nitro benzene ring substituents is 1. The summed E-state index contributed by atoms with van der Waals surface area (Å²) in [6.45, 7) is 2.01. The average Bonchev–Trinajstić information content (AvgIpc) is 3.02. The SMILES string of the molecule is COc1ccc(C=Nn2cc(C)nc2N)cc1COc1cccc([N+](=O)[O-])c1. The maximum atomic E-state index is 10.9. The summed E-state index contributed by atoms with van der Waals surface area (Å²) in [5, 5.41) is 15.2. The summed E-state index contributed by atoms with van der Waals surface area (Å²) in [5.74, 6) is 1.34. The number of benzene rings is 2. The van der Waals surface area contributed by atoms with E-state index in [4.69, 9.17) is 15.2 Å². The number of methoxy groups -OCH3 is 1. The van der Waals surface area contributed by atoms with Gasteiger partial charge in [-0.25, -0.2) is 9.66 Å². The van der Waals surface area contributed by atoms with Crippen LogP contribution in [-0.4, -0.2) is 27.9 Å². The molecule has 1 heterocycles. The summed E-state index contributed by atoms with van der Waals surface area (Å²) in [6, 6.07) is 11.5. The van der Waals surface area contributed by atoms with Crippen LogP contribution in [0.25, 0.3) is 0 Å². The molecule has 0 saturated carbocycles. The number of nitrogens with zero attached hydrogens (tertiary/aromatic N) is 4. The third-order valence-electron chi connectivity index (χ3n) is 3.89. The molecular formula is C19H19N5O4. The van der Waals surface area contributed by atoms with E-state index in [0.717, 1.165) is 16.8 Å². The number of imidazole rings is 1. The molecule has 2 N–H and O–H groups in total. The predicted octanol–water partition coefficient (Wildman–Crippen LogP) is 3.15. The normalized spacial score (nSPS) is 10.9. The molecule has 0 spiro atoms. The number of nitrogen functional groups attached to an aromatic ring is 1. The Kier molecular flexibility index (Phi) is 5.54. The van der Waals surface area contributed by atoms with Gasteiger partial charge >= 0.3 is 0 Å². The first-order chi connectivity index (χ1) is 13.5. The highest BCUT2D eigenvalue weighted by molar-refractivity contribution is 5.80. The lowest BCUT2D eigenvalue weighted by Crippen LogP contribution is -2.01. The van der Waals surface area contributed by atoms with Gasteiger partial charge in [0, 0.05) is 11.6 Å². The van der Waals surface area contributed by atoms with Crippen molar-refractivity contribution in [2.75, 3.05) is 12.8 Å². The second kappa shape index (κ2) is 8.21. The highest BCUT2D eigenvalue weighted by Crippen LogP contribution is 2.24. The van der Waals surface area contributed by atoms with Crippen molar-refractivity contribution in [2.45, 2.75) is 13.5 Å². The molecule has 3 aromatic rings. The minimum Gasteiger partial charge on any atom is -0.496 e. The zero-order valence-electron chi connectivity index (χ0n) is 15.4. The van der Waals surface area contributed by atoms with Crippen LogP contribution in [0.1, 0.15) is 16.8 Å². The Morgan fingerprint density at radius 2 is 2.14 bits per heavy atom. The van der Waals surface area contributed by atoms with Crippen LogP contribution >= 0.6 is 0 Å². The van der Waals surface area contributed by atoms with Crippen molar-refractivity contribution in [1.29, 1.82) is 0 Å². The summed E-state index contributed by atoms with van der Waals surface area (Å²) < 4.78 is 12.6. The Hall–Kier alpha value is -3.88. The molecule has 1 aromatic heterocycles. The first kappa shape index (κ1) is 18.9. The highest BCUT2D eigenvalue weighted by Gasteiger charge is 2.09. The maximum Gasteiger partial charge on any atom is 0.273 e. The van der Waals surface area contributed by atoms with Crippen LogP contribution in [-0.2, 0) is 6.61 Å². The predicted molar refractivity (Wildman–Crippen MR) is 105 cm³/mol. The van der Waals surface area contributed by atoms with Gasteiger partial charge in [0.2, 0.25) is 5.95 Å². The molecular weight excluding hydrogens is 362 g/mol. The Balaban J connectivity index is 1.78. The fourth-order valence-corrected chi connectivity index (χ4v) is 2.56. The molecule has 0 aliphatic carbocycles. The number of anilines is 1. The quantitative estimate of drug-likeness (QED) is 0.382. The number of hydrogen-bond acceptors (Lipinski definition) is 7. The number of aromatic nitrogens is 2. The number of nitrogens with two attached hydrogens (primary N) is 1. The van der Waals surface area contributed by atoms with Gasteiger partial charge in [-0.1, -0.05) is 6.07 Å². The fraction of sp³-hybridized carbons (Fsp3) is 0.158. The van der Waals surface area contributed by atoms with E-state index in [1.807, 2.05) is 19.1 Å². The van der Waals surface area contributed by atoms with Gasteiger partial charge in [-0.15, -0.1) is 0 Å². The van der Waals surface area contributed by atoms with Gasteiger partial charge in [-0.3, -0.25) is 10.1 Å². The lowest BCUT2D eigenvalue weighted by molar-refractivity contribution is -0.384. The van der Waals surface area contributed by atoms with Crippen molar-refractivity contribution < 1.29 is 14.4 Å². The van der Waals surface area contributed by atoms with E-state index in [9.17, 15) is 10.1 Å². The van der Waals surface area contributed by atoms with Gasteiger partial charge in [-0.2, -0.15) is 5.10 Å². The standard InChI is InChI=1S/C19H19N5O4/c1-13-11-23(19(20)22-13)21-10-14-6-7-18(27-2)15(8-14)12-28-17-5-3-4-16(9-17)24(25)26/h3-11H,12H2,1-2H3,(H2,20,22). The number of hydrogen-bond donors (Lipinski definition) is 1. The monoisotopic (exact) mass is 381 g/mol. The maximum absolute atomic E-state index is 10.9. The molecule has 9 nitrogen and oxygen atoms in total. The van der Waals surface area contributed by atoms with E-state index in [-0.39, 0.29) is 12.3 Å². The highest BCUT2D eigenvalue weighted by atomic mass is 16.6. The molecule has 28 heavy (non-hydrogen) atoms. The first-order valence-corrected chi connectivity index (χ1v) is 8.36. The van der Waals surface area contributed by atoms with Crippen molar-refractivity contribution >= 4 is 17.9 Å². The van der Waals surface area contributed by atoms with E-state index in [1.165, 1.54) is 16.8 Å². The second-order valence-corrected chi connectivity index (χ2v) is 5.94. The molecule has 0 unspecified atom stereocenters. The molecule has 2 aromatic carbocycles. The van der Waals surface area contributed by atoms with Crippen molar-refractivity contribution in [3.05, 3.63) is 75.6 Å². The van der Waals surface area contributed by atoms with Gasteiger partial charge in [0.15, 0.2) is 0 Å². The zero-order chi connectivity index (χ0) is 20.1.